The van der Waals surface area contributed by atoms with Crippen LogP contribution in [0.15, 0.2) is 48.0 Å². The van der Waals surface area contributed by atoms with Crippen molar-refractivity contribution < 1.29 is 24.2 Å². The molecule has 0 atom stereocenters. The van der Waals surface area contributed by atoms with Gasteiger partial charge in [-0.1, -0.05) is 32.4 Å². The first-order valence-corrected chi connectivity index (χ1v) is 13.7. The molecule has 0 aliphatic rings. The lowest BCUT2D eigenvalue weighted by molar-refractivity contribution is -0.146. The summed E-state index contributed by atoms with van der Waals surface area (Å²) in [6, 6.07) is 9.94. The number of carbonyl (C=O) groups is 3. The van der Waals surface area contributed by atoms with Crippen molar-refractivity contribution in [1.82, 2.24) is 9.38 Å². The minimum atomic E-state index is -1.24. The molecular formula is C30H31ClN2O5S. The Morgan fingerprint density at radius 2 is 1.74 bits per heavy atom. The number of benzene rings is 1. The monoisotopic (exact) mass is 566 g/mol. The van der Waals surface area contributed by atoms with E-state index in [4.69, 9.17) is 16.3 Å². The van der Waals surface area contributed by atoms with Gasteiger partial charge < -0.3 is 14.2 Å². The van der Waals surface area contributed by atoms with Crippen LogP contribution in [0.2, 0.25) is 5.02 Å². The highest BCUT2D eigenvalue weighted by molar-refractivity contribution is 7.09. The molecule has 1 aromatic carbocycles. The first-order valence-electron chi connectivity index (χ1n) is 12.5. The normalized spacial score (nSPS) is 12.1. The molecule has 1 N–H and O–H groups in total. The second-order valence-corrected chi connectivity index (χ2v) is 12.7. The zero-order chi connectivity index (χ0) is 28.7. The number of aryl methyl sites for hydroxylation is 1. The van der Waals surface area contributed by atoms with Crippen molar-refractivity contribution in [2.75, 3.05) is 0 Å². The first-order chi connectivity index (χ1) is 18.2. The second-order valence-electron chi connectivity index (χ2n) is 11.2. The molecule has 204 valence electrons. The summed E-state index contributed by atoms with van der Waals surface area (Å²) in [4.78, 5) is 44.5. The number of carbonyl (C=O) groups excluding carboxylic acids is 2. The Hall–Kier alpha value is -3.49. The van der Waals surface area contributed by atoms with E-state index in [9.17, 15) is 19.5 Å². The number of rotatable bonds is 9. The fourth-order valence-corrected chi connectivity index (χ4v) is 5.03. The van der Waals surface area contributed by atoms with E-state index in [0.717, 1.165) is 10.7 Å². The Bertz CT molecular complexity index is 1580. The maximum absolute atomic E-state index is 14.0. The molecule has 0 saturated heterocycles. The first kappa shape index (κ1) is 28.5. The quantitative estimate of drug-likeness (QED) is 0.218. The molecule has 0 aliphatic heterocycles. The molecule has 0 bridgehead atoms. The number of halogens is 1. The highest BCUT2D eigenvalue weighted by atomic mass is 35.5. The third-order valence-electron chi connectivity index (χ3n) is 6.49. The SMILES string of the molecule is Cc1nc(COc2ccn3c(C(=O)c4ccc(Cl)cc4)c(CC(C)(C)C(=O)O)c(C(=O)C(C)(C)C)c3c2)cs1. The van der Waals surface area contributed by atoms with Gasteiger partial charge in [0.15, 0.2) is 5.78 Å². The number of aliphatic carboxylic acids is 1. The molecule has 0 fully saturated rings. The molecule has 0 unspecified atom stereocenters. The highest BCUT2D eigenvalue weighted by Gasteiger charge is 2.37. The van der Waals surface area contributed by atoms with E-state index in [2.05, 4.69) is 4.98 Å². The number of fused-ring (bicyclic) bond motifs is 1. The topological polar surface area (TPSA) is 98.0 Å². The van der Waals surface area contributed by atoms with Crippen molar-refractivity contribution in [1.29, 1.82) is 0 Å². The zero-order valence-corrected chi connectivity index (χ0v) is 24.4. The van der Waals surface area contributed by atoms with Crippen LogP contribution in [0.5, 0.6) is 5.75 Å². The molecule has 0 amide bonds. The van der Waals surface area contributed by atoms with Gasteiger partial charge in [0.25, 0.3) is 0 Å². The Kier molecular flexibility index (Phi) is 7.74. The number of ether oxygens (including phenoxy) is 1. The van der Waals surface area contributed by atoms with E-state index in [1.165, 1.54) is 11.3 Å². The van der Waals surface area contributed by atoms with Crippen LogP contribution in [0.3, 0.4) is 0 Å². The molecule has 4 rings (SSSR count). The third-order valence-corrected chi connectivity index (χ3v) is 7.57. The lowest BCUT2D eigenvalue weighted by Crippen LogP contribution is -2.29. The number of carboxylic acids is 1. The van der Waals surface area contributed by atoms with Crippen molar-refractivity contribution >= 4 is 46.0 Å². The Balaban J connectivity index is 1.96. The van der Waals surface area contributed by atoms with E-state index in [-0.39, 0.29) is 30.3 Å². The van der Waals surface area contributed by atoms with Gasteiger partial charge in [0.1, 0.15) is 12.4 Å². The van der Waals surface area contributed by atoms with Crippen LogP contribution in [-0.4, -0.2) is 32.0 Å². The molecule has 4 aromatic rings. The number of aromatic nitrogens is 2. The Labute approximate surface area is 236 Å². The minimum Gasteiger partial charge on any atom is -0.487 e. The molecule has 0 spiro atoms. The molecular weight excluding hydrogens is 536 g/mol. The largest absolute Gasteiger partial charge is 0.487 e. The maximum Gasteiger partial charge on any atom is 0.309 e. The number of thiazole rings is 1. The molecule has 3 aromatic heterocycles. The maximum atomic E-state index is 14.0. The van der Waals surface area contributed by atoms with Crippen LogP contribution < -0.4 is 4.74 Å². The smallest absolute Gasteiger partial charge is 0.309 e. The van der Waals surface area contributed by atoms with Gasteiger partial charge >= 0.3 is 5.97 Å². The number of carboxylic acid groups (broad SMARTS) is 1. The molecule has 9 heteroatoms. The standard InChI is InChI=1S/C30H31ClN2O5S/c1-17-32-20(16-39-17)15-38-21-11-12-33-23(13-21)24(27(35)29(2,3)4)22(14-30(5,6)28(36)37)25(33)26(34)18-7-9-19(31)10-8-18/h7-13,16H,14-15H2,1-6H3,(H,36,37). The van der Waals surface area contributed by atoms with Gasteiger partial charge in [0.2, 0.25) is 5.78 Å². The van der Waals surface area contributed by atoms with E-state index in [1.54, 1.807) is 81.6 Å². The van der Waals surface area contributed by atoms with Gasteiger partial charge in [-0.3, -0.25) is 14.4 Å². The average molecular weight is 567 g/mol. The van der Waals surface area contributed by atoms with Crippen LogP contribution in [0.1, 0.15) is 77.3 Å². The van der Waals surface area contributed by atoms with Crippen LogP contribution in [0.25, 0.3) is 5.52 Å². The summed E-state index contributed by atoms with van der Waals surface area (Å²) in [7, 11) is 0. The Morgan fingerprint density at radius 1 is 1.08 bits per heavy atom. The molecule has 0 saturated carbocycles. The summed E-state index contributed by atoms with van der Waals surface area (Å²) in [5, 5.41) is 13.3. The van der Waals surface area contributed by atoms with Crippen LogP contribution >= 0.6 is 22.9 Å². The van der Waals surface area contributed by atoms with Crippen LogP contribution in [0.4, 0.5) is 0 Å². The lowest BCUT2D eigenvalue weighted by atomic mass is 9.79. The van der Waals surface area contributed by atoms with Crippen molar-refractivity contribution in [3.8, 4) is 5.75 Å². The van der Waals surface area contributed by atoms with E-state index in [1.807, 2.05) is 12.3 Å². The van der Waals surface area contributed by atoms with Gasteiger partial charge in [0.05, 0.1) is 27.3 Å². The average Bonchev–Trinajstić information content (AvgIpc) is 3.41. The van der Waals surface area contributed by atoms with Gasteiger partial charge in [-0.25, -0.2) is 4.98 Å². The van der Waals surface area contributed by atoms with E-state index >= 15 is 0 Å². The molecule has 0 radical (unpaired) electrons. The fraction of sp³-hybridized carbons (Fsp3) is 0.333. The van der Waals surface area contributed by atoms with Gasteiger partial charge in [-0.15, -0.1) is 11.3 Å². The highest BCUT2D eigenvalue weighted by Crippen LogP contribution is 2.37. The summed E-state index contributed by atoms with van der Waals surface area (Å²) in [5.41, 5.74) is 0.585. The summed E-state index contributed by atoms with van der Waals surface area (Å²) in [6.07, 6.45) is 1.67. The fourth-order valence-electron chi connectivity index (χ4n) is 4.31. The molecule has 0 aliphatic carbocycles. The van der Waals surface area contributed by atoms with Crippen molar-refractivity contribution in [3.63, 3.8) is 0 Å². The summed E-state index contributed by atoms with van der Waals surface area (Å²) >= 11 is 7.59. The summed E-state index contributed by atoms with van der Waals surface area (Å²) < 4.78 is 7.68. The predicted octanol–water partition coefficient (Wildman–Crippen LogP) is 7.05. The van der Waals surface area contributed by atoms with Crippen LogP contribution in [0, 0.1) is 17.8 Å². The van der Waals surface area contributed by atoms with E-state index < -0.39 is 16.8 Å². The molecule has 39 heavy (non-hydrogen) atoms. The lowest BCUT2D eigenvalue weighted by Gasteiger charge is -2.22. The minimum absolute atomic E-state index is 0.0237. The van der Waals surface area contributed by atoms with Gasteiger partial charge in [-0.2, -0.15) is 0 Å². The van der Waals surface area contributed by atoms with Crippen molar-refractivity contribution in [2.45, 2.75) is 54.6 Å². The van der Waals surface area contributed by atoms with Crippen molar-refractivity contribution in [3.05, 3.63) is 86.1 Å². The molecule has 7 nitrogen and oxygen atoms in total. The summed E-state index contributed by atoms with van der Waals surface area (Å²) in [5.74, 6) is -1.06. The molecule has 3 heterocycles. The van der Waals surface area contributed by atoms with Crippen LogP contribution in [-0.2, 0) is 17.8 Å². The number of pyridine rings is 1. The van der Waals surface area contributed by atoms with E-state index in [0.29, 0.717) is 33.0 Å². The number of ketones is 2. The Morgan fingerprint density at radius 3 is 2.31 bits per heavy atom. The van der Waals surface area contributed by atoms with Gasteiger partial charge in [0, 0.05) is 39.2 Å². The zero-order valence-electron chi connectivity index (χ0n) is 22.8. The predicted molar refractivity (Wildman–Crippen MR) is 152 cm³/mol. The number of hydrogen-bond acceptors (Lipinski definition) is 6. The number of hydrogen-bond donors (Lipinski definition) is 1. The third kappa shape index (κ3) is 5.92. The van der Waals surface area contributed by atoms with Gasteiger partial charge in [-0.05, 0) is 63.1 Å². The number of Topliss-reactive ketones (excluding diaryl/α,β-unsaturated/α-hetero) is 1. The second kappa shape index (κ2) is 10.6. The van der Waals surface area contributed by atoms with Crippen molar-refractivity contribution in [2.24, 2.45) is 10.8 Å². The summed E-state index contributed by atoms with van der Waals surface area (Å²) in [6.45, 7) is 10.8. The number of nitrogens with zero attached hydrogens (tertiary/aromatic N) is 2.